The highest BCUT2D eigenvalue weighted by Gasteiger charge is 2.40. The van der Waals surface area contributed by atoms with E-state index in [0.717, 1.165) is 29.6 Å². The van der Waals surface area contributed by atoms with Gasteiger partial charge in [-0.3, -0.25) is 14.6 Å². The van der Waals surface area contributed by atoms with Gasteiger partial charge in [-0.15, -0.1) is 0 Å². The molecule has 148 valence electrons. The van der Waals surface area contributed by atoms with Crippen LogP contribution in [0, 0.1) is 5.92 Å². The number of rotatable bonds is 8. The van der Waals surface area contributed by atoms with Gasteiger partial charge in [-0.25, -0.2) is 0 Å². The average Bonchev–Trinajstić information content (AvgIpc) is 3.38. The summed E-state index contributed by atoms with van der Waals surface area (Å²) in [6.07, 6.45) is 6.23. The average molecular weight is 382 g/mol. The van der Waals surface area contributed by atoms with Gasteiger partial charge >= 0.3 is 0 Å². The summed E-state index contributed by atoms with van der Waals surface area (Å²) in [6, 6.07) is 6.31. The first kappa shape index (κ1) is 18.6. The maximum Gasteiger partial charge on any atom is 0.223 e. The van der Waals surface area contributed by atoms with Crippen LogP contribution >= 0.6 is 0 Å². The van der Waals surface area contributed by atoms with Gasteiger partial charge in [0.1, 0.15) is 0 Å². The topological polar surface area (TPSA) is 88.1 Å². The third-order valence-corrected chi connectivity index (χ3v) is 5.38. The van der Waals surface area contributed by atoms with Gasteiger partial charge in [-0.1, -0.05) is 12.1 Å². The van der Waals surface area contributed by atoms with Crippen molar-refractivity contribution in [1.82, 2.24) is 30.2 Å². The molecular weight excluding hydrogens is 356 g/mol. The normalized spacial score (nSPS) is 19.8. The van der Waals surface area contributed by atoms with Crippen molar-refractivity contribution < 1.29 is 9.53 Å². The lowest BCUT2D eigenvalue weighted by atomic mass is 9.95. The number of nitrogens with zero attached hydrogens (tertiary/aromatic N) is 4. The van der Waals surface area contributed by atoms with Crippen LogP contribution in [0.5, 0.6) is 0 Å². The zero-order valence-electron chi connectivity index (χ0n) is 16.3. The quantitative estimate of drug-likeness (QED) is 0.618. The van der Waals surface area contributed by atoms with Crippen LogP contribution in [-0.2, 0) is 23.1 Å². The van der Waals surface area contributed by atoms with Crippen molar-refractivity contribution in [3.05, 3.63) is 47.9 Å². The van der Waals surface area contributed by atoms with Gasteiger partial charge in [0.2, 0.25) is 5.91 Å². The minimum atomic E-state index is 0.0268. The largest absolute Gasteiger partial charge is 0.383 e. The fourth-order valence-corrected chi connectivity index (χ4v) is 4.04. The molecular formula is C20H26N6O2. The van der Waals surface area contributed by atoms with Crippen LogP contribution in [0.15, 0.2) is 36.8 Å². The molecule has 0 bridgehead atoms. The lowest BCUT2D eigenvalue weighted by Crippen LogP contribution is -2.33. The Bertz CT molecular complexity index is 949. The summed E-state index contributed by atoms with van der Waals surface area (Å²) in [5.41, 5.74) is 3.31. The fraction of sp³-hybridized carbons (Fsp3) is 0.450. The summed E-state index contributed by atoms with van der Waals surface area (Å²) >= 11 is 0. The van der Waals surface area contributed by atoms with E-state index in [0.29, 0.717) is 19.6 Å². The van der Waals surface area contributed by atoms with Crippen molar-refractivity contribution in [3.63, 3.8) is 0 Å². The summed E-state index contributed by atoms with van der Waals surface area (Å²) in [7, 11) is 3.56. The van der Waals surface area contributed by atoms with Crippen LogP contribution in [0.25, 0.3) is 10.9 Å². The van der Waals surface area contributed by atoms with Gasteiger partial charge in [-0.2, -0.15) is 10.2 Å². The first-order valence-electron chi connectivity index (χ1n) is 9.55. The second-order valence-electron chi connectivity index (χ2n) is 7.36. The number of fused-ring (bicyclic) bond motifs is 1. The maximum atomic E-state index is 12.6. The fourth-order valence-electron chi connectivity index (χ4n) is 4.04. The van der Waals surface area contributed by atoms with Gasteiger partial charge in [0.15, 0.2) is 0 Å². The number of aromatic nitrogens is 4. The molecule has 1 aliphatic heterocycles. The number of carbonyl (C=O) groups is 1. The molecule has 3 aromatic rings. The third-order valence-electron chi connectivity index (χ3n) is 5.38. The Balaban J connectivity index is 1.44. The van der Waals surface area contributed by atoms with E-state index >= 15 is 0 Å². The molecule has 0 saturated carbocycles. The predicted octanol–water partition coefficient (Wildman–Crippen LogP) is 1.62. The van der Waals surface area contributed by atoms with Crippen LogP contribution in [0.4, 0.5) is 0 Å². The molecule has 28 heavy (non-hydrogen) atoms. The number of nitrogens with one attached hydrogen (secondary N) is 2. The van der Waals surface area contributed by atoms with Crippen LogP contribution in [0.2, 0.25) is 0 Å². The number of hydrogen-bond acceptors (Lipinski definition) is 5. The van der Waals surface area contributed by atoms with Crippen LogP contribution in [-0.4, -0.2) is 57.6 Å². The second-order valence-corrected chi connectivity index (χ2v) is 7.36. The van der Waals surface area contributed by atoms with Crippen LogP contribution in [0.1, 0.15) is 23.6 Å². The molecule has 2 atom stereocenters. The molecule has 8 heteroatoms. The Morgan fingerprint density at radius 1 is 1.36 bits per heavy atom. The van der Waals surface area contributed by atoms with Crippen LogP contribution in [0.3, 0.4) is 0 Å². The molecule has 8 nitrogen and oxygen atoms in total. The number of hydrogen-bond donors (Lipinski definition) is 2. The van der Waals surface area contributed by atoms with Gasteiger partial charge in [0.25, 0.3) is 0 Å². The van der Waals surface area contributed by atoms with Crippen molar-refractivity contribution in [2.75, 3.05) is 26.8 Å². The van der Waals surface area contributed by atoms with Crippen molar-refractivity contribution in [2.45, 2.75) is 19.0 Å². The number of ether oxygens (including phenoxy) is 1. The van der Waals surface area contributed by atoms with E-state index in [9.17, 15) is 4.79 Å². The van der Waals surface area contributed by atoms with Gasteiger partial charge < -0.3 is 15.0 Å². The molecule has 1 aliphatic rings. The first-order valence-corrected chi connectivity index (χ1v) is 9.55. The molecule has 2 aromatic heterocycles. The molecule has 0 radical (unpaired) electrons. The van der Waals surface area contributed by atoms with Crippen molar-refractivity contribution in [1.29, 1.82) is 0 Å². The highest BCUT2D eigenvalue weighted by molar-refractivity contribution is 5.80. The van der Waals surface area contributed by atoms with Gasteiger partial charge in [0.05, 0.1) is 30.6 Å². The molecule has 0 unspecified atom stereocenters. The van der Waals surface area contributed by atoms with E-state index in [-0.39, 0.29) is 17.9 Å². The molecule has 1 saturated heterocycles. The van der Waals surface area contributed by atoms with Crippen molar-refractivity contribution in [2.24, 2.45) is 13.0 Å². The highest BCUT2D eigenvalue weighted by atomic mass is 16.5. The summed E-state index contributed by atoms with van der Waals surface area (Å²) in [4.78, 5) is 14.6. The Morgan fingerprint density at radius 3 is 3.04 bits per heavy atom. The number of aryl methyl sites for hydroxylation is 1. The lowest BCUT2D eigenvalue weighted by Gasteiger charge is -2.27. The minimum Gasteiger partial charge on any atom is -0.383 e. The summed E-state index contributed by atoms with van der Waals surface area (Å²) in [6.45, 7) is 2.64. The standard InChI is InChI=1S/C20H26N6O2/c1-25-13-17(12-23-25)20-16(8-19(27)26(20)5-6-28-2)10-21-9-14-3-4-15-11-22-24-18(15)7-14/h3-4,7,11-13,16,20-21H,5-6,8-10H2,1-2H3,(H,22,24)/t16-,20+/m0/s1. The molecule has 1 aromatic carbocycles. The molecule has 2 N–H and O–H groups in total. The Labute approximate surface area is 163 Å². The molecule has 0 spiro atoms. The number of methoxy groups -OCH3 is 1. The Hall–Kier alpha value is -2.71. The monoisotopic (exact) mass is 382 g/mol. The summed E-state index contributed by atoms with van der Waals surface area (Å²) < 4.78 is 6.99. The van der Waals surface area contributed by atoms with E-state index < -0.39 is 0 Å². The minimum absolute atomic E-state index is 0.0268. The first-order chi connectivity index (χ1) is 13.7. The number of aromatic amines is 1. The van der Waals surface area contributed by atoms with E-state index in [4.69, 9.17) is 4.74 Å². The lowest BCUT2D eigenvalue weighted by molar-refractivity contribution is -0.129. The third kappa shape index (κ3) is 3.79. The van der Waals surface area contributed by atoms with Crippen molar-refractivity contribution in [3.8, 4) is 0 Å². The van der Waals surface area contributed by atoms with E-state index in [1.165, 1.54) is 5.56 Å². The molecule has 4 rings (SSSR count). The number of likely N-dealkylation sites (tertiary alicyclic amines) is 1. The Morgan fingerprint density at radius 2 is 2.25 bits per heavy atom. The van der Waals surface area contributed by atoms with Crippen molar-refractivity contribution >= 4 is 16.8 Å². The maximum absolute atomic E-state index is 12.6. The summed E-state index contributed by atoms with van der Waals surface area (Å²) in [5.74, 6) is 0.376. The molecule has 0 aliphatic carbocycles. The van der Waals surface area contributed by atoms with Crippen LogP contribution < -0.4 is 5.32 Å². The number of H-pyrrole nitrogens is 1. The molecule has 1 fully saturated rings. The van der Waals surface area contributed by atoms with Gasteiger partial charge in [0, 0.05) is 63.3 Å². The summed E-state index contributed by atoms with van der Waals surface area (Å²) in [5, 5.41) is 16.0. The van der Waals surface area contributed by atoms with Gasteiger partial charge in [-0.05, 0) is 11.6 Å². The van der Waals surface area contributed by atoms with E-state index in [2.05, 4.69) is 38.8 Å². The smallest absolute Gasteiger partial charge is 0.223 e. The second kappa shape index (κ2) is 8.12. The zero-order chi connectivity index (χ0) is 19.5. The predicted molar refractivity (Wildman–Crippen MR) is 105 cm³/mol. The zero-order valence-corrected chi connectivity index (χ0v) is 16.3. The molecule has 1 amide bonds. The van der Waals surface area contributed by atoms with E-state index in [1.807, 2.05) is 30.5 Å². The number of amides is 1. The number of benzene rings is 1. The molecule has 3 heterocycles. The SMILES string of the molecule is COCCN1C(=O)C[C@@H](CNCc2ccc3cn[nH]c3c2)[C@@H]1c1cnn(C)c1. The number of carbonyl (C=O) groups excluding carboxylic acids is 1. The highest BCUT2D eigenvalue weighted by Crippen LogP contribution is 2.37. The van der Waals surface area contributed by atoms with E-state index in [1.54, 1.807) is 11.8 Å². The Kier molecular flexibility index (Phi) is 5.40.